The number of carbonyl (C=O) groups is 4. The first-order chi connectivity index (χ1) is 17.5. The average Bonchev–Trinajstić information content (AvgIpc) is 3.48. The molecule has 0 spiro atoms. The molecule has 0 bridgehead atoms. The standard InChI is InChI=1S/C11H9N3O3S.C7H7NO2.C4H3ClN2OS/c1-6-9(18-14-13-6)10(15)12-8-5-3-2-4-7(8)11(16)17;8-6-4-2-1-3-5(6)7(9)10;1-2-3(4(5)8)9-7-6-2/h2-5H,1H3,(H,12,15)(H,16,17);1-4H,8H2,(H,9,10);1H3. The van der Waals surface area contributed by atoms with Gasteiger partial charge in [-0.2, -0.15) is 0 Å². The first-order valence-electron chi connectivity index (χ1n) is 10.0. The fourth-order valence-corrected chi connectivity index (χ4v) is 3.78. The number of rotatable bonds is 5. The monoisotopic (exact) mass is 562 g/mol. The summed E-state index contributed by atoms with van der Waals surface area (Å²) in [5.41, 5.74) is 7.21. The second-order valence-corrected chi connectivity index (χ2v) is 8.70. The van der Waals surface area contributed by atoms with Gasteiger partial charge in [0, 0.05) is 5.69 Å². The van der Waals surface area contributed by atoms with Crippen molar-refractivity contribution in [2.75, 3.05) is 11.1 Å². The molecule has 4 rings (SSSR count). The highest BCUT2D eigenvalue weighted by Crippen LogP contribution is 2.18. The van der Waals surface area contributed by atoms with Crippen molar-refractivity contribution in [3.05, 3.63) is 80.8 Å². The van der Waals surface area contributed by atoms with Crippen LogP contribution in [0.25, 0.3) is 0 Å². The number of aromatic nitrogens is 4. The molecule has 0 unspecified atom stereocenters. The Bertz CT molecular complexity index is 1420. The van der Waals surface area contributed by atoms with Crippen LogP contribution in [0.4, 0.5) is 11.4 Å². The van der Waals surface area contributed by atoms with Gasteiger partial charge in [0.1, 0.15) is 9.75 Å². The molecule has 4 aromatic rings. The van der Waals surface area contributed by atoms with Crippen LogP contribution in [0.2, 0.25) is 0 Å². The van der Waals surface area contributed by atoms with Crippen molar-refractivity contribution in [3.63, 3.8) is 0 Å². The molecule has 2 aromatic carbocycles. The molecule has 15 heteroatoms. The van der Waals surface area contributed by atoms with E-state index in [0.717, 1.165) is 23.1 Å². The van der Waals surface area contributed by atoms with E-state index in [1.165, 1.54) is 18.2 Å². The zero-order valence-corrected chi connectivity index (χ0v) is 21.6. The number of aryl methyl sites for hydroxylation is 2. The highest BCUT2D eigenvalue weighted by atomic mass is 35.5. The zero-order valence-electron chi connectivity index (χ0n) is 19.2. The van der Waals surface area contributed by atoms with Crippen LogP contribution in [0, 0.1) is 13.8 Å². The van der Waals surface area contributed by atoms with Crippen molar-refractivity contribution >= 4 is 69.1 Å². The van der Waals surface area contributed by atoms with E-state index in [1.807, 2.05) is 0 Å². The summed E-state index contributed by atoms with van der Waals surface area (Å²) in [6.45, 7) is 3.36. The van der Waals surface area contributed by atoms with Gasteiger partial charge in [0.15, 0.2) is 0 Å². The number of aromatic carboxylic acids is 2. The largest absolute Gasteiger partial charge is 0.478 e. The smallest absolute Gasteiger partial charge is 0.337 e. The predicted molar refractivity (Wildman–Crippen MR) is 139 cm³/mol. The van der Waals surface area contributed by atoms with E-state index in [1.54, 1.807) is 44.2 Å². The maximum Gasteiger partial charge on any atom is 0.337 e. The van der Waals surface area contributed by atoms with Gasteiger partial charge in [0.25, 0.3) is 11.1 Å². The summed E-state index contributed by atoms with van der Waals surface area (Å²) < 4.78 is 7.19. The summed E-state index contributed by atoms with van der Waals surface area (Å²) in [5.74, 6) is -2.49. The van der Waals surface area contributed by atoms with E-state index in [9.17, 15) is 19.2 Å². The molecule has 0 saturated heterocycles. The number of anilines is 2. The molecule has 0 aliphatic rings. The summed E-state index contributed by atoms with van der Waals surface area (Å²) in [5, 5.41) is 26.9. The van der Waals surface area contributed by atoms with Crippen LogP contribution in [-0.2, 0) is 0 Å². The first-order valence-corrected chi connectivity index (χ1v) is 11.9. The molecule has 0 aliphatic heterocycles. The van der Waals surface area contributed by atoms with Gasteiger partial charge in [0.2, 0.25) is 0 Å². The molecule has 5 N–H and O–H groups in total. The number of benzene rings is 2. The van der Waals surface area contributed by atoms with E-state index in [2.05, 4.69) is 24.5 Å². The van der Waals surface area contributed by atoms with Gasteiger partial charge in [-0.05, 0) is 72.8 Å². The lowest BCUT2D eigenvalue weighted by Crippen LogP contribution is -2.14. The number of nitrogens with zero attached hydrogens (tertiary/aromatic N) is 4. The van der Waals surface area contributed by atoms with Crippen LogP contribution in [0.1, 0.15) is 51.4 Å². The Morgan fingerprint density at radius 1 is 0.811 bits per heavy atom. The summed E-state index contributed by atoms with van der Waals surface area (Å²) in [7, 11) is 0. The van der Waals surface area contributed by atoms with Crippen LogP contribution >= 0.6 is 34.7 Å². The number of halogens is 1. The normalized spacial score (nSPS) is 9.70. The quantitative estimate of drug-likeness (QED) is 0.202. The molecule has 37 heavy (non-hydrogen) atoms. The van der Waals surface area contributed by atoms with Crippen molar-refractivity contribution in [2.24, 2.45) is 0 Å². The molecule has 12 nitrogen and oxygen atoms in total. The second-order valence-electron chi connectivity index (χ2n) is 6.85. The van der Waals surface area contributed by atoms with Gasteiger partial charge < -0.3 is 21.3 Å². The van der Waals surface area contributed by atoms with Crippen LogP contribution in [0.15, 0.2) is 48.5 Å². The number of hydrogen-bond acceptors (Lipinski definition) is 11. The third kappa shape index (κ3) is 8.42. The summed E-state index contributed by atoms with van der Waals surface area (Å²) in [4.78, 5) is 44.4. The van der Waals surface area contributed by atoms with Gasteiger partial charge in [0.05, 0.1) is 28.2 Å². The molecular weight excluding hydrogens is 544 g/mol. The van der Waals surface area contributed by atoms with E-state index in [-0.39, 0.29) is 16.8 Å². The SMILES string of the molecule is Cc1nnsc1C(=O)Cl.Cc1nnsc1C(=O)Nc1ccccc1C(=O)O.Nc1ccccc1C(=O)O. The maximum absolute atomic E-state index is 11.9. The first kappa shape index (κ1) is 29.0. The Hall–Kier alpha value is -4.27. The van der Waals surface area contributed by atoms with Crippen LogP contribution < -0.4 is 11.1 Å². The Balaban J connectivity index is 0.000000214. The molecule has 0 atom stereocenters. The number of amides is 1. The minimum atomic E-state index is -1.09. The lowest BCUT2D eigenvalue weighted by atomic mass is 10.2. The number of carboxylic acid groups (broad SMARTS) is 2. The van der Waals surface area contributed by atoms with E-state index in [4.69, 9.17) is 27.5 Å². The van der Waals surface area contributed by atoms with Gasteiger partial charge in [-0.1, -0.05) is 33.2 Å². The van der Waals surface area contributed by atoms with Gasteiger partial charge in [-0.25, -0.2) is 9.59 Å². The number of para-hydroxylation sites is 2. The number of nitrogens with one attached hydrogen (secondary N) is 1. The van der Waals surface area contributed by atoms with Gasteiger partial charge in [-0.15, -0.1) is 10.2 Å². The number of nitrogens with two attached hydrogens (primary N) is 1. The average molecular weight is 563 g/mol. The second kappa shape index (κ2) is 13.7. The van der Waals surface area contributed by atoms with E-state index < -0.39 is 23.1 Å². The summed E-state index contributed by atoms with van der Waals surface area (Å²) in [6.07, 6.45) is 0. The van der Waals surface area contributed by atoms with Crippen molar-refractivity contribution in [1.82, 2.24) is 19.2 Å². The van der Waals surface area contributed by atoms with E-state index in [0.29, 0.717) is 26.8 Å². The number of carbonyl (C=O) groups excluding carboxylic acids is 2. The molecule has 1 amide bonds. The predicted octanol–water partition coefficient (Wildman–Crippen LogP) is 3.99. The molecule has 192 valence electrons. The molecule has 0 fully saturated rings. The lowest BCUT2D eigenvalue weighted by molar-refractivity contribution is 0.0687. The molecule has 2 heterocycles. The Labute approximate surface area is 223 Å². The minimum Gasteiger partial charge on any atom is -0.478 e. The molecule has 0 radical (unpaired) electrons. The summed E-state index contributed by atoms with van der Waals surface area (Å²) >= 11 is 7.13. The molecular formula is C22H19ClN6O6S2. The van der Waals surface area contributed by atoms with Crippen molar-refractivity contribution < 1.29 is 29.4 Å². The van der Waals surface area contributed by atoms with Crippen molar-refractivity contribution in [3.8, 4) is 0 Å². The van der Waals surface area contributed by atoms with Crippen LogP contribution in [0.3, 0.4) is 0 Å². The molecule has 2 aromatic heterocycles. The molecule has 0 saturated carbocycles. The lowest BCUT2D eigenvalue weighted by Gasteiger charge is -2.06. The Morgan fingerprint density at radius 3 is 1.70 bits per heavy atom. The third-order valence-electron chi connectivity index (χ3n) is 4.28. The minimum absolute atomic E-state index is 0.0426. The Kier molecular flexibility index (Phi) is 10.7. The maximum atomic E-state index is 11.9. The number of hydrogen-bond donors (Lipinski definition) is 4. The fourth-order valence-electron chi connectivity index (χ4n) is 2.50. The highest BCUT2D eigenvalue weighted by Gasteiger charge is 2.16. The van der Waals surface area contributed by atoms with Crippen molar-refractivity contribution in [1.29, 1.82) is 0 Å². The van der Waals surface area contributed by atoms with E-state index >= 15 is 0 Å². The molecule has 0 aliphatic carbocycles. The van der Waals surface area contributed by atoms with Crippen LogP contribution in [-0.4, -0.2) is 52.5 Å². The third-order valence-corrected chi connectivity index (χ3v) is 6.24. The topological polar surface area (TPSA) is 198 Å². The summed E-state index contributed by atoms with van der Waals surface area (Å²) in [6, 6.07) is 12.6. The zero-order chi connectivity index (χ0) is 27.5. The number of nitrogen functional groups attached to an aromatic ring is 1. The van der Waals surface area contributed by atoms with Crippen LogP contribution in [0.5, 0.6) is 0 Å². The fraction of sp³-hybridized carbons (Fsp3) is 0.0909. The number of carboxylic acids is 2. The highest BCUT2D eigenvalue weighted by molar-refractivity contribution is 7.10. The van der Waals surface area contributed by atoms with Gasteiger partial charge in [-0.3, -0.25) is 9.59 Å². The Morgan fingerprint density at radius 2 is 1.30 bits per heavy atom. The van der Waals surface area contributed by atoms with Gasteiger partial charge >= 0.3 is 11.9 Å². The van der Waals surface area contributed by atoms with Crippen molar-refractivity contribution in [2.45, 2.75) is 13.8 Å².